The predicted molar refractivity (Wildman–Crippen MR) is 103 cm³/mol. The molecule has 154 valence electrons. The van der Waals surface area contributed by atoms with E-state index in [9.17, 15) is 18.0 Å². The summed E-state index contributed by atoms with van der Waals surface area (Å²) in [6.45, 7) is 3.32. The van der Waals surface area contributed by atoms with Crippen LogP contribution in [0.1, 0.15) is 36.8 Å². The number of ether oxygens (including phenoxy) is 1. The van der Waals surface area contributed by atoms with Gasteiger partial charge in [0.25, 0.3) is 5.91 Å². The fraction of sp³-hybridized carbons (Fsp3) is 0.400. The van der Waals surface area contributed by atoms with Crippen molar-refractivity contribution in [2.24, 2.45) is 9.98 Å². The van der Waals surface area contributed by atoms with Gasteiger partial charge >= 0.3 is 6.18 Å². The highest BCUT2D eigenvalue weighted by Crippen LogP contribution is 2.35. The van der Waals surface area contributed by atoms with Gasteiger partial charge in [0.05, 0.1) is 28.9 Å². The SMILES string of the molecule is C=N/C=C(\C=N/C)C(=O)NC1CCC(Oc2ccc(C#N)c(C(F)(F)F)c2)CC1. The number of halogens is 3. The van der Waals surface area contributed by atoms with Gasteiger partial charge in [-0.3, -0.25) is 14.8 Å². The first-order valence-corrected chi connectivity index (χ1v) is 8.95. The van der Waals surface area contributed by atoms with Gasteiger partial charge in [-0.1, -0.05) is 0 Å². The molecule has 0 saturated heterocycles. The lowest BCUT2D eigenvalue weighted by molar-refractivity contribution is -0.138. The Labute approximate surface area is 166 Å². The summed E-state index contributed by atoms with van der Waals surface area (Å²) >= 11 is 0. The fourth-order valence-corrected chi connectivity index (χ4v) is 3.10. The van der Waals surface area contributed by atoms with Crippen molar-refractivity contribution in [2.75, 3.05) is 7.05 Å². The molecule has 1 aromatic rings. The van der Waals surface area contributed by atoms with Gasteiger partial charge in [-0.25, -0.2) is 0 Å². The van der Waals surface area contributed by atoms with Crippen molar-refractivity contribution >= 4 is 18.8 Å². The van der Waals surface area contributed by atoms with E-state index < -0.39 is 17.3 Å². The van der Waals surface area contributed by atoms with Gasteiger partial charge in [-0.15, -0.1) is 0 Å². The maximum absolute atomic E-state index is 13.1. The third kappa shape index (κ3) is 6.17. The van der Waals surface area contributed by atoms with Gasteiger partial charge in [-0.05, 0) is 50.6 Å². The minimum absolute atomic E-state index is 0.0743. The van der Waals surface area contributed by atoms with E-state index in [2.05, 4.69) is 22.0 Å². The highest BCUT2D eigenvalue weighted by atomic mass is 19.4. The Morgan fingerprint density at radius 3 is 2.59 bits per heavy atom. The number of carbonyl (C=O) groups is 1. The first-order valence-electron chi connectivity index (χ1n) is 8.95. The van der Waals surface area contributed by atoms with Gasteiger partial charge in [0.2, 0.25) is 0 Å². The van der Waals surface area contributed by atoms with Crippen LogP contribution in [-0.2, 0) is 11.0 Å². The Kier molecular flexibility index (Phi) is 7.53. The Balaban J connectivity index is 1.95. The zero-order valence-electron chi connectivity index (χ0n) is 15.9. The highest BCUT2D eigenvalue weighted by molar-refractivity contribution is 6.12. The molecule has 6 nitrogen and oxygen atoms in total. The van der Waals surface area contributed by atoms with E-state index in [4.69, 9.17) is 10.00 Å². The zero-order chi connectivity index (χ0) is 21.4. The predicted octanol–water partition coefficient (Wildman–Crippen LogP) is 3.67. The second-order valence-corrected chi connectivity index (χ2v) is 6.54. The molecule has 1 aliphatic rings. The number of nitriles is 1. The normalized spacial score (nSPS) is 20.2. The van der Waals surface area contributed by atoms with E-state index in [1.165, 1.54) is 18.5 Å². The largest absolute Gasteiger partial charge is 0.490 e. The van der Waals surface area contributed by atoms with Crippen LogP contribution in [0, 0.1) is 11.3 Å². The summed E-state index contributed by atoms with van der Waals surface area (Å²) < 4.78 is 44.9. The standard InChI is InChI=1S/C20H21F3N4O2/c1-25-11-14(12-26-2)19(28)27-15-4-7-16(8-5-15)29-17-6-3-13(10-24)18(9-17)20(21,22)23/h3,6,9,11-12,15-16H,1,4-5,7-8H2,2H3,(H,27,28)/b14-11+,26-12-. The molecule has 1 saturated carbocycles. The maximum atomic E-state index is 13.1. The molecule has 0 aromatic heterocycles. The van der Waals surface area contributed by atoms with Crippen LogP contribution in [0.25, 0.3) is 0 Å². The fourth-order valence-electron chi connectivity index (χ4n) is 3.10. The van der Waals surface area contributed by atoms with Crippen LogP contribution in [0.4, 0.5) is 13.2 Å². The molecule has 0 unspecified atom stereocenters. The summed E-state index contributed by atoms with van der Waals surface area (Å²) in [5.74, 6) is -0.237. The van der Waals surface area contributed by atoms with E-state index in [0.717, 1.165) is 12.1 Å². The molecule has 0 aliphatic heterocycles. The van der Waals surface area contributed by atoms with Gasteiger partial charge in [-0.2, -0.15) is 18.4 Å². The summed E-state index contributed by atoms with van der Waals surface area (Å²) in [6, 6.07) is 4.80. The van der Waals surface area contributed by atoms with Crippen LogP contribution in [0.3, 0.4) is 0 Å². The molecule has 1 aliphatic carbocycles. The number of alkyl halides is 3. The third-order valence-electron chi connectivity index (χ3n) is 4.49. The van der Waals surface area contributed by atoms with Crippen LogP contribution in [0.15, 0.2) is 40.0 Å². The van der Waals surface area contributed by atoms with Gasteiger partial charge < -0.3 is 10.1 Å². The maximum Gasteiger partial charge on any atom is 0.417 e. The van der Waals surface area contributed by atoms with Gasteiger partial charge in [0, 0.05) is 25.5 Å². The van der Waals surface area contributed by atoms with Crippen molar-refractivity contribution in [3.05, 3.63) is 41.1 Å². The third-order valence-corrected chi connectivity index (χ3v) is 4.49. The van der Waals surface area contributed by atoms with Crippen molar-refractivity contribution in [1.82, 2.24) is 5.32 Å². The monoisotopic (exact) mass is 406 g/mol. The molecule has 1 amide bonds. The number of carbonyl (C=O) groups excluding carboxylic acids is 1. The van der Waals surface area contributed by atoms with E-state index in [1.807, 2.05) is 0 Å². The average molecular weight is 406 g/mol. The first-order chi connectivity index (χ1) is 13.8. The quantitative estimate of drug-likeness (QED) is 0.578. The minimum atomic E-state index is -4.63. The number of benzene rings is 1. The topological polar surface area (TPSA) is 86.8 Å². The Bertz CT molecular complexity index is 848. The molecule has 0 spiro atoms. The van der Waals surface area contributed by atoms with Crippen LogP contribution < -0.4 is 10.1 Å². The zero-order valence-corrected chi connectivity index (χ0v) is 15.9. The summed E-state index contributed by atoms with van der Waals surface area (Å²) in [5.41, 5.74) is -1.16. The molecule has 2 rings (SSSR count). The molecule has 0 bridgehead atoms. The Morgan fingerprint density at radius 1 is 1.34 bits per heavy atom. The lowest BCUT2D eigenvalue weighted by Gasteiger charge is -2.29. The number of rotatable bonds is 6. The molecule has 1 aromatic carbocycles. The van der Waals surface area contributed by atoms with E-state index in [1.54, 1.807) is 13.1 Å². The lowest BCUT2D eigenvalue weighted by Crippen LogP contribution is -2.40. The highest BCUT2D eigenvalue weighted by Gasteiger charge is 2.34. The Morgan fingerprint density at radius 2 is 2.03 bits per heavy atom. The number of aliphatic imine (C=N–C) groups is 2. The Hall–Kier alpha value is -3.15. The van der Waals surface area contributed by atoms with E-state index in [-0.39, 0.29) is 29.4 Å². The van der Waals surface area contributed by atoms with Crippen molar-refractivity contribution < 1.29 is 22.7 Å². The van der Waals surface area contributed by atoms with Crippen molar-refractivity contribution in [3.63, 3.8) is 0 Å². The smallest absolute Gasteiger partial charge is 0.417 e. The number of nitrogens with one attached hydrogen (secondary N) is 1. The molecular weight excluding hydrogens is 385 g/mol. The van der Waals surface area contributed by atoms with Crippen molar-refractivity contribution in [2.45, 2.75) is 44.0 Å². The lowest BCUT2D eigenvalue weighted by atomic mass is 9.92. The van der Waals surface area contributed by atoms with Crippen LogP contribution >= 0.6 is 0 Å². The van der Waals surface area contributed by atoms with Crippen molar-refractivity contribution in [3.8, 4) is 11.8 Å². The molecule has 0 heterocycles. The minimum Gasteiger partial charge on any atom is -0.490 e. The number of amides is 1. The summed E-state index contributed by atoms with van der Waals surface area (Å²) in [7, 11) is 1.54. The van der Waals surface area contributed by atoms with Crippen molar-refractivity contribution in [1.29, 1.82) is 5.26 Å². The molecule has 1 fully saturated rings. The molecular formula is C20H21F3N4O2. The summed E-state index contributed by atoms with van der Waals surface area (Å²) in [5, 5.41) is 11.7. The van der Waals surface area contributed by atoms with E-state index >= 15 is 0 Å². The second-order valence-electron chi connectivity index (χ2n) is 6.54. The molecule has 29 heavy (non-hydrogen) atoms. The van der Waals surface area contributed by atoms with Crippen LogP contribution in [0.5, 0.6) is 5.75 Å². The van der Waals surface area contributed by atoms with E-state index in [0.29, 0.717) is 25.7 Å². The summed E-state index contributed by atoms with van der Waals surface area (Å²) in [6.07, 6.45) is 0.217. The first kappa shape index (κ1) is 22.1. The molecule has 1 N–H and O–H groups in total. The molecule has 0 atom stereocenters. The number of hydrogen-bond donors (Lipinski definition) is 1. The molecule has 9 heteroatoms. The van der Waals surface area contributed by atoms with Crippen LogP contribution in [0.2, 0.25) is 0 Å². The van der Waals surface area contributed by atoms with Gasteiger partial charge in [0.1, 0.15) is 5.75 Å². The van der Waals surface area contributed by atoms with Crippen LogP contribution in [-0.4, -0.2) is 38.0 Å². The number of nitrogens with zero attached hydrogens (tertiary/aromatic N) is 3. The molecule has 0 radical (unpaired) electrons. The second kappa shape index (κ2) is 9.87. The summed E-state index contributed by atoms with van der Waals surface area (Å²) in [4.78, 5) is 19.6. The average Bonchev–Trinajstić information content (AvgIpc) is 2.68. The van der Waals surface area contributed by atoms with Gasteiger partial charge in [0.15, 0.2) is 0 Å². The number of hydrogen-bond acceptors (Lipinski definition) is 5.